The second kappa shape index (κ2) is 5.91. The number of amides is 1. The number of rotatable bonds is 4. The molecule has 0 fully saturated rings. The van der Waals surface area contributed by atoms with Crippen molar-refractivity contribution in [3.05, 3.63) is 35.4 Å². The molecule has 0 saturated heterocycles. The lowest BCUT2D eigenvalue weighted by Crippen LogP contribution is -2.19. The van der Waals surface area contributed by atoms with Gasteiger partial charge in [0.1, 0.15) is 17.4 Å². The van der Waals surface area contributed by atoms with Gasteiger partial charge < -0.3 is 10.5 Å². The Balaban J connectivity index is 3.03. The molecule has 0 saturated carbocycles. The summed E-state index contributed by atoms with van der Waals surface area (Å²) >= 11 is 0. The monoisotopic (exact) mass is 270 g/mol. The van der Waals surface area contributed by atoms with E-state index >= 15 is 0 Å². The lowest BCUT2D eigenvalue weighted by atomic mass is 10.1. The van der Waals surface area contributed by atoms with Crippen LogP contribution in [0, 0.1) is 11.3 Å². The van der Waals surface area contributed by atoms with Crippen LogP contribution in [0.3, 0.4) is 0 Å². The second-order valence-corrected chi connectivity index (χ2v) is 3.48. The van der Waals surface area contributed by atoms with Gasteiger partial charge in [-0.3, -0.25) is 4.79 Å². The molecule has 1 rings (SSSR count). The van der Waals surface area contributed by atoms with E-state index in [0.717, 1.165) is 6.08 Å². The molecule has 2 N–H and O–H groups in total. The summed E-state index contributed by atoms with van der Waals surface area (Å²) in [6.07, 6.45) is -3.40. The van der Waals surface area contributed by atoms with Gasteiger partial charge >= 0.3 is 6.18 Å². The number of carbonyl (C=O) groups is 1. The minimum absolute atomic E-state index is 0.0891. The number of nitriles is 1. The third kappa shape index (κ3) is 4.71. The van der Waals surface area contributed by atoms with Crippen LogP contribution in [0.25, 0.3) is 6.08 Å². The Kier molecular flexibility index (Phi) is 4.53. The predicted octanol–water partition coefficient (Wildman–Crippen LogP) is 2.02. The maximum absolute atomic E-state index is 12.1. The number of halogens is 3. The Bertz CT molecular complexity index is 545. The van der Waals surface area contributed by atoms with Gasteiger partial charge in [0.25, 0.3) is 5.91 Å². The molecule has 7 heteroatoms. The Morgan fingerprint density at radius 2 is 2.05 bits per heavy atom. The summed E-state index contributed by atoms with van der Waals surface area (Å²) in [5.41, 5.74) is 4.73. The highest BCUT2D eigenvalue weighted by Gasteiger charge is 2.28. The van der Waals surface area contributed by atoms with E-state index in [0.29, 0.717) is 0 Å². The fraction of sp³-hybridized carbons (Fsp3) is 0.167. The van der Waals surface area contributed by atoms with E-state index in [-0.39, 0.29) is 16.9 Å². The number of primary amides is 1. The molecule has 19 heavy (non-hydrogen) atoms. The van der Waals surface area contributed by atoms with Gasteiger partial charge in [-0.25, -0.2) is 0 Å². The number of nitrogens with zero attached hydrogens (tertiary/aromatic N) is 1. The fourth-order valence-corrected chi connectivity index (χ4v) is 1.20. The van der Waals surface area contributed by atoms with Gasteiger partial charge in [0, 0.05) is 5.56 Å². The molecule has 0 aliphatic rings. The fourth-order valence-electron chi connectivity index (χ4n) is 1.20. The summed E-state index contributed by atoms with van der Waals surface area (Å²) in [5.74, 6) is -1.05. The van der Waals surface area contributed by atoms with Crippen LogP contribution >= 0.6 is 0 Å². The first-order valence-electron chi connectivity index (χ1n) is 5.03. The van der Waals surface area contributed by atoms with Crippen LogP contribution in [0.2, 0.25) is 0 Å². The minimum Gasteiger partial charge on any atom is -0.484 e. The van der Waals surface area contributed by atoms with Crippen LogP contribution < -0.4 is 10.5 Å². The van der Waals surface area contributed by atoms with Crippen LogP contribution in [-0.4, -0.2) is 18.7 Å². The smallest absolute Gasteiger partial charge is 0.422 e. The molecule has 0 atom stereocenters. The van der Waals surface area contributed by atoms with E-state index in [1.165, 1.54) is 24.3 Å². The topological polar surface area (TPSA) is 76.1 Å². The molecule has 0 bridgehead atoms. The summed E-state index contributed by atoms with van der Waals surface area (Å²) in [4.78, 5) is 10.9. The molecule has 1 aromatic rings. The van der Waals surface area contributed by atoms with Crippen molar-refractivity contribution in [1.29, 1.82) is 5.26 Å². The van der Waals surface area contributed by atoms with Crippen molar-refractivity contribution in [2.45, 2.75) is 6.18 Å². The first-order chi connectivity index (χ1) is 8.83. The Morgan fingerprint density at radius 1 is 1.42 bits per heavy atom. The molecule has 100 valence electrons. The molecule has 0 radical (unpaired) electrons. The van der Waals surface area contributed by atoms with Gasteiger partial charge in [-0.1, -0.05) is 18.2 Å². The normalized spacial score (nSPS) is 11.8. The summed E-state index contributed by atoms with van der Waals surface area (Å²) in [6, 6.07) is 7.27. The molecule has 0 spiro atoms. The summed E-state index contributed by atoms with van der Waals surface area (Å²) < 4.78 is 40.8. The van der Waals surface area contributed by atoms with Crippen molar-refractivity contribution >= 4 is 12.0 Å². The average molecular weight is 270 g/mol. The van der Waals surface area contributed by atoms with E-state index in [2.05, 4.69) is 4.74 Å². The maximum Gasteiger partial charge on any atom is 0.422 e. The lowest BCUT2D eigenvalue weighted by Gasteiger charge is -2.11. The molecule has 1 aromatic carbocycles. The zero-order valence-electron chi connectivity index (χ0n) is 9.57. The predicted molar refractivity (Wildman–Crippen MR) is 60.8 cm³/mol. The first-order valence-corrected chi connectivity index (χ1v) is 5.03. The number of hydrogen-bond donors (Lipinski definition) is 1. The number of hydrogen-bond acceptors (Lipinski definition) is 3. The van der Waals surface area contributed by atoms with E-state index < -0.39 is 18.7 Å². The Labute approximate surface area is 106 Å². The highest BCUT2D eigenvalue weighted by atomic mass is 19.4. The summed E-state index contributed by atoms with van der Waals surface area (Å²) in [6.45, 7) is -1.46. The van der Waals surface area contributed by atoms with E-state index in [4.69, 9.17) is 11.0 Å². The van der Waals surface area contributed by atoms with Crippen molar-refractivity contribution in [2.75, 3.05) is 6.61 Å². The third-order valence-corrected chi connectivity index (χ3v) is 2.00. The Morgan fingerprint density at radius 3 is 2.58 bits per heavy atom. The zero-order valence-corrected chi connectivity index (χ0v) is 9.57. The molecule has 0 aromatic heterocycles. The third-order valence-electron chi connectivity index (χ3n) is 2.00. The number of benzene rings is 1. The van der Waals surface area contributed by atoms with Crippen LogP contribution in [0.15, 0.2) is 29.8 Å². The molecule has 0 unspecified atom stereocenters. The zero-order chi connectivity index (χ0) is 14.5. The highest BCUT2D eigenvalue weighted by Crippen LogP contribution is 2.23. The van der Waals surface area contributed by atoms with Crippen molar-refractivity contribution < 1.29 is 22.7 Å². The quantitative estimate of drug-likeness (QED) is 0.671. The number of nitrogens with two attached hydrogens (primary N) is 1. The van der Waals surface area contributed by atoms with Gasteiger partial charge in [-0.15, -0.1) is 0 Å². The number of ether oxygens (including phenoxy) is 1. The van der Waals surface area contributed by atoms with E-state index in [1.54, 1.807) is 6.07 Å². The van der Waals surface area contributed by atoms with Gasteiger partial charge in [0.05, 0.1) is 0 Å². The van der Waals surface area contributed by atoms with Gasteiger partial charge in [0.2, 0.25) is 0 Å². The van der Waals surface area contributed by atoms with Gasteiger partial charge in [-0.2, -0.15) is 18.4 Å². The van der Waals surface area contributed by atoms with Crippen LogP contribution in [-0.2, 0) is 4.79 Å². The maximum atomic E-state index is 12.1. The second-order valence-electron chi connectivity index (χ2n) is 3.48. The molecular weight excluding hydrogens is 261 g/mol. The molecule has 0 aliphatic carbocycles. The van der Waals surface area contributed by atoms with Crippen LogP contribution in [0.1, 0.15) is 5.56 Å². The first kappa shape index (κ1) is 14.6. The standard InChI is InChI=1S/C12H9F3N2O2/c13-12(14,15)7-19-10-4-2-1-3-8(10)5-9(6-16)11(17)18/h1-5H,7H2,(H2,17,18)/b9-5-. The van der Waals surface area contributed by atoms with Crippen molar-refractivity contribution in [3.63, 3.8) is 0 Å². The highest BCUT2D eigenvalue weighted by molar-refractivity contribution is 6.00. The number of para-hydroxylation sites is 1. The van der Waals surface area contributed by atoms with E-state index in [9.17, 15) is 18.0 Å². The van der Waals surface area contributed by atoms with Gasteiger partial charge in [-0.05, 0) is 12.1 Å². The number of alkyl halides is 3. The molecule has 4 nitrogen and oxygen atoms in total. The van der Waals surface area contributed by atoms with Crippen molar-refractivity contribution in [3.8, 4) is 11.8 Å². The van der Waals surface area contributed by atoms with Crippen LogP contribution in [0.4, 0.5) is 13.2 Å². The molecule has 0 aliphatic heterocycles. The lowest BCUT2D eigenvalue weighted by molar-refractivity contribution is -0.153. The minimum atomic E-state index is -4.47. The molecule has 0 heterocycles. The average Bonchev–Trinajstić information content (AvgIpc) is 2.33. The summed E-state index contributed by atoms with van der Waals surface area (Å²) in [7, 11) is 0. The molecule has 1 amide bonds. The van der Waals surface area contributed by atoms with Gasteiger partial charge in [0.15, 0.2) is 6.61 Å². The number of carbonyl (C=O) groups excluding carboxylic acids is 1. The van der Waals surface area contributed by atoms with Crippen LogP contribution in [0.5, 0.6) is 5.75 Å². The SMILES string of the molecule is N#C/C(=C/c1ccccc1OCC(F)(F)F)C(N)=O. The summed E-state index contributed by atoms with van der Waals surface area (Å²) in [5, 5.41) is 8.67. The largest absolute Gasteiger partial charge is 0.484 e. The Hall–Kier alpha value is -2.49. The van der Waals surface area contributed by atoms with Crippen molar-refractivity contribution in [2.24, 2.45) is 5.73 Å². The van der Waals surface area contributed by atoms with Crippen molar-refractivity contribution in [1.82, 2.24) is 0 Å². The molecular formula is C12H9F3N2O2. The van der Waals surface area contributed by atoms with E-state index in [1.807, 2.05) is 0 Å².